The second-order valence-electron chi connectivity index (χ2n) is 7.57. The van der Waals surface area contributed by atoms with E-state index in [-0.39, 0.29) is 11.8 Å². The highest BCUT2D eigenvalue weighted by Crippen LogP contribution is 2.17. The van der Waals surface area contributed by atoms with Gasteiger partial charge in [0.15, 0.2) is 0 Å². The number of hydrogen-bond acceptors (Lipinski definition) is 5. The number of hydrogen-bond donors (Lipinski definition) is 1. The maximum Gasteiger partial charge on any atom is 0.251 e. The summed E-state index contributed by atoms with van der Waals surface area (Å²) in [5.74, 6) is 1.58. The summed E-state index contributed by atoms with van der Waals surface area (Å²) in [6, 6.07) is 15.0. The quantitative estimate of drug-likeness (QED) is 0.668. The highest BCUT2D eigenvalue weighted by atomic mass is 16.5. The number of nitrogens with zero attached hydrogens (tertiary/aromatic N) is 2. The van der Waals surface area contributed by atoms with Gasteiger partial charge in [-0.1, -0.05) is 18.2 Å². The molecule has 7 heteroatoms. The van der Waals surface area contributed by atoms with E-state index in [0.29, 0.717) is 38.2 Å². The lowest BCUT2D eigenvalue weighted by Gasteiger charge is -2.34. The Morgan fingerprint density at radius 2 is 1.65 bits per heavy atom. The van der Waals surface area contributed by atoms with Gasteiger partial charge in [0.25, 0.3) is 5.91 Å². The van der Waals surface area contributed by atoms with Gasteiger partial charge in [-0.25, -0.2) is 0 Å². The van der Waals surface area contributed by atoms with Crippen molar-refractivity contribution in [3.05, 3.63) is 59.7 Å². The third-order valence-electron chi connectivity index (χ3n) is 5.47. The van der Waals surface area contributed by atoms with Gasteiger partial charge in [-0.15, -0.1) is 0 Å². The third kappa shape index (κ3) is 6.72. The number of piperazine rings is 1. The second kappa shape index (κ2) is 11.4. The normalized spacial score (nSPS) is 14.2. The maximum atomic E-state index is 12.5. The minimum Gasteiger partial charge on any atom is -0.497 e. The Morgan fingerprint density at radius 3 is 2.32 bits per heavy atom. The lowest BCUT2D eigenvalue weighted by atomic mass is 10.1. The molecule has 166 valence electrons. The van der Waals surface area contributed by atoms with Gasteiger partial charge in [-0.3, -0.25) is 14.5 Å². The van der Waals surface area contributed by atoms with Gasteiger partial charge in [-0.2, -0.15) is 0 Å². The molecule has 1 heterocycles. The summed E-state index contributed by atoms with van der Waals surface area (Å²) in [5, 5.41) is 2.85. The van der Waals surface area contributed by atoms with Gasteiger partial charge in [0.05, 0.1) is 7.11 Å². The number of rotatable bonds is 9. The van der Waals surface area contributed by atoms with Gasteiger partial charge in [0.2, 0.25) is 5.91 Å². The van der Waals surface area contributed by atoms with Crippen LogP contribution in [0.15, 0.2) is 48.5 Å². The first-order valence-electron chi connectivity index (χ1n) is 10.7. The largest absolute Gasteiger partial charge is 0.497 e. The van der Waals surface area contributed by atoms with Crippen molar-refractivity contribution < 1.29 is 19.1 Å². The summed E-state index contributed by atoms with van der Waals surface area (Å²) < 4.78 is 10.9. The number of carbonyl (C=O) groups is 2. The number of aryl methyl sites for hydroxylation is 1. The average Bonchev–Trinajstić information content (AvgIpc) is 2.80. The molecular formula is C24H31N3O4. The van der Waals surface area contributed by atoms with Crippen LogP contribution in [0.2, 0.25) is 0 Å². The first-order valence-corrected chi connectivity index (χ1v) is 10.7. The van der Waals surface area contributed by atoms with E-state index in [9.17, 15) is 9.59 Å². The van der Waals surface area contributed by atoms with Crippen molar-refractivity contribution in [2.75, 3.05) is 53.0 Å². The van der Waals surface area contributed by atoms with Crippen LogP contribution in [-0.2, 0) is 4.79 Å². The maximum absolute atomic E-state index is 12.5. The van der Waals surface area contributed by atoms with Crippen molar-refractivity contribution in [3.8, 4) is 11.5 Å². The molecular weight excluding hydrogens is 394 g/mol. The van der Waals surface area contributed by atoms with E-state index < -0.39 is 0 Å². The standard InChI is InChI=1S/C24H31N3O4/c1-19-5-3-4-6-22(19)24(29)25-12-11-23(28)27-15-13-26(14-16-27)17-18-31-21-9-7-20(30-2)8-10-21/h3-10H,11-18H2,1-2H3,(H,25,29). The van der Waals surface area contributed by atoms with Crippen LogP contribution in [0.4, 0.5) is 0 Å². The van der Waals surface area contributed by atoms with Gasteiger partial charge < -0.3 is 19.7 Å². The first-order chi connectivity index (χ1) is 15.1. The molecule has 2 amide bonds. The van der Waals surface area contributed by atoms with E-state index in [1.54, 1.807) is 13.2 Å². The number of nitrogens with one attached hydrogen (secondary N) is 1. The molecule has 0 radical (unpaired) electrons. The second-order valence-corrected chi connectivity index (χ2v) is 7.57. The summed E-state index contributed by atoms with van der Waals surface area (Å²) >= 11 is 0. The molecule has 3 rings (SSSR count). The Labute approximate surface area is 183 Å². The average molecular weight is 426 g/mol. The highest BCUT2D eigenvalue weighted by Gasteiger charge is 2.21. The Hall–Kier alpha value is -3.06. The van der Waals surface area contributed by atoms with Crippen molar-refractivity contribution in [1.29, 1.82) is 0 Å². The lowest BCUT2D eigenvalue weighted by Crippen LogP contribution is -2.50. The number of benzene rings is 2. The molecule has 1 aliphatic heterocycles. The van der Waals surface area contributed by atoms with Gasteiger partial charge in [0.1, 0.15) is 18.1 Å². The molecule has 7 nitrogen and oxygen atoms in total. The number of carbonyl (C=O) groups excluding carboxylic acids is 2. The summed E-state index contributed by atoms with van der Waals surface area (Å²) in [4.78, 5) is 28.9. The van der Waals surface area contributed by atoms with E-state index in [0.717, 1.165) is 36.7 Å². The fourth-order valence-electron chi connectivity index (χ4n) is 3.55. The van der Waals surface area contributed by atoms with Gasteiger partial charge in [0, 0.05) is 51.3 Å². The van der Waals surface area contributed by atoms with Crippen molar-refractivity contribution >= 4 is 11.8 Å². The first kappa shape index (κ1) is 22.6. The van der Waals surface area contributed by atoms with Crippen LogP contribution in [0.3, 0.4) is 0 Å². The van der Waals surface area contributed by atoms with Crippen LogP contribution in [0.25, 0.3) is 0 Å². The zero-order valence-corrected chi connectivity index (χ0v) is 18.3. The molecule has 2 aromatic rings. The van der Waals surface area contributed by atoms with Gasteiger partial charge in [-0.05, 0) is 42.8 Å². The Kier molecular flexibility index (Phi) is 8.29. The number of amides is 2. The summed E-state index contributed by atoms with van der Waals surface area (Å²) in [6.07, 6.45) is 0.318. The van der Waals surface area contributed by atoms with Gasteiger partial charge >= 0.3 is 0 Å². The number of ether oxygens (including phenoxy) is 2. The monoisotopic (exact) mass is 425 g/mol. The molecule has 1 saturated heterocycles. The van der Waals surface area contributed by atoms with Crippen LogP contribution >= 0.6 is 0 Å². The van der Waals surface area contributed by atoms with Crippen molar-refractivity contribution in [2.45, 2.75) is 13.3 Å². The molecule has 31 heavy (non-hydrogen) atoms. The predicted molar refractivity (Wildman–Crippen MR) is 120 cm³/mol. The smallest absolute Gasteiger partial charge is 0.251 e. The highest BCUT2D eigenvalue weighted by molar-refractivity contribution is 5.95. The predicted octanol–water partition coefficient (Wildman–Crippen LogP) is 2.35. The van der Waals surface area contributed by atoms with Crippen molar-refractivity contribution in [3.63, 3.8) is 0 Å². The van der Waals surface area contributed by atoms with Crippen molar-refractivity contribution in [1.82, 2.24) is 15.1 Å². The topological polar surface area (TPSA) is 71.1 Å². The summed E-state index contributed by atoms with van der Waals surface area (Å²) in [7, 11) is 1.64. The molecule has 1 fully saturated rings. The lowest BCUT2D eigenvalue weighted by molar-refractivity contribution is -0.132. The van der Waals surface area contributed by atoms with E-state index in [1.807, 2.05) is 54.3 Å². The molecule has 0 atom stereocenters. The Morgan fingerprint density at radius 1 is 0.968 bits per heavy atom. The molecule has 0 aromatic heterocycles. The van der Waals surface area contributed by atoms with E-state index in [1.165, 1.54) is 0 Å². The van der Waals surface area contributed by atoms with Crippen LogP contribution < -0.4 is 14.8 Å². The molecule has 0 bridgehead atoms. The minimum atomic E-state index is -0.132. The summed E-state index contributed by atoms with van der Waals surface area (Å²) in [5.41, 5.74) is 1.58. The molecule has 1 N–H and O–H groups in total. The van der Waals surface area contributed by atoms with E-state index >= 15 is 0 Å². The zero-order valence-electron chi connectivity index (χ0n) is 18.3. The van der Waals surface area contributed by atoms with Crippen LogP contribution in [0, 0.1) is 6.92 Å². The Balaban J connectivity index is 1.31. The molecule has 1 aliphatic rings. The summed E-state index contributed by atoms with van der Waals surface area (Å²) in [6.45, 7) is 6.73. The molecule has 0 unspecified atom stereocenters. The molecule has 0 spiro atoms. The zero-order chi connectivity index (χ0) is 22.1. The minimum absolute atomic E-state index is 0.0826. The van der Waals surface area contributed by atoms with Crippen LogP contribution in [0.5, 0.6) is 11.5 Å². The Bertz CT molecular complexity index is 861. The SMILES string of the molecule is COc1ccc(OCCN2CCN(C(=O)CCNC(=O)c3ccccc3C)CC2)cc1. The third-order valence-corrected chi connectivity index (χ3v) is 5.47. The van der Waals surface area contributed by atoms with E-state index in [2.05, 4.69) is 10.2 Å². The fraction of sp³-hybridized carbons (Fsp3) is 0.417. The van der Waals surface area contributed by atoms with Crippen molar-refractivity contribution in [2.24, 2.45) is 0 Å². The molecule has 0 aliphatic carbocycles. The van der Waals surface area contributed by atoms with Crippen LogP contribution in [0.1, 0.15) is 22.3 Å². The molecule has 2 aromatic carbocycles. The molecule has 0 saturated carbocycles. The van der Waals surface area contributed by atoms with E-state index in [4.69, 9.17) is 9.47 Å². The van der Waals surface area contributed by atoms with Crippen LogP contribution in [-0.4, -0.2) is 74.6 Å². The fourth-order valence-corrected chi connectivity index (χ4v) is 3.55. The number of methoxy groups -OCH3 is 1.